The highest BCUT2D eigenvalue weighted by Gasteiger charge is 1.95. The third-order valence-electron chi connectivity index (χ3n) is 1.33. The third-order valence-corrected chi connectivity index (χ3v) is 1.33. The highest BCUT2D eigenvalue weighted by molar-refractivity contribution is 5.93. The fourth-order valence-electron chi connectivity index (χ4n) is 0.476. The molecule has 0 saturated heterocycles. The average molecular weight is 198 g/mol. The van der Waals surface area contributed by atoms with Crippen LogP contribution in [0.3, 0.4) is 0 Å². The molecule has 3 nitrogen and oxygen atoms in total. The Morgan fingerprint density at radius 1 is 1.14 bits per heavy atom. The monoisotopic (exact) mass is 198 g/mol. The van der Waals surface area contributed by atoms with Crippen molar-refractivity contribution in [3.8, 4) is 0 Å². The van der Waals surface area contributed by atoms with Gasteiger partial charge in [-0.3, -0.25) is 4.79 Å². The molecule has 0 aromatic heterocycles. The summed E-state index contributed by atoms with van der Waals surface area (Å²) in [6.07, 6.45) is 0.579. The smallest absolute Gasteiger partial charge is 0.332 e. The molecule has 0 unspecified atom stereocenters. The van der Waals surface area contributed by atoms with Crippen LogP contribution in [0.2, 0.25) is 0 Å². The molecule has 0 aliphatic carbocycles. The number of esters is 1. The van der Waals surface area contributed by atoms with Crippen LogP contribution in [0, 0.1) is 0 Å². The topological polar surface area (TPSA) is 43.4 Å². The molecule has 3 heteroatoms. The standard InChI is InChI=1S/C6H10O.C5H8O2/c1-4-6(7)5(2)3;1-4(2)5(6)7-3/h2,4H2,1,3H3;1H2,2-3H3. The molecule has 0 aliphatic heterocycles. The van der Waals surface area contributed by atoms with Crippen LogP contribution in [0.1, 0.15) is 27.2 Å². The van der Waals surface area contributed by atoms with Gasteiger partial charge in [0.2, 0.25) is 0 Å². The number of hydrogen-bond donors (Lipinski definition) is 0. The maximum absolute atomic E-state index is 10.4. The molecule has 0 heterocycles. The van der Waals surface area contributed by atoms with E-state index in [2.05, 4.69) is 17.9 Å². The number of Topliss-reactive ketones (excluding diaryl/α,β-unsaturated/α-hetero) is 1. The number of allylic oxidation sites excluding steroid dienone is 1. The van der Waals surface area contributed by atoms with Gasteiger partial charge in [0.15, 0.2) is 5.78 Å². The summed E-state index contributed by atoms with van der Waals surface area (Å²) in [5.74, 6) is -0.194. The Kier molecular flexibility index (Phi) is 8.88. The number of hydrogen-bond acceptors (Lipinski definition) is 3. The molecule has 0 radical (unpaired) electrons. The molecule has 0 amide bonds. The van der Waals surface area contributed by atoms with Crippen LogP contribution in [0.4, 0.5) is 0 Å². The summed E-state index contributed by atoms with van der Waals surface area (Å²) < 4.78 is 4.27. The van der Waals surface area contributed by atoms with Gasteiger partial charge in [-0.1, -0.05) is 20.1 Å². The van der Waals surface area contributed by atoms with Gasteiger partial charge in [0.25, 0.3) is 0 Å². The quantitative estimate of drug-likeness (QED) is 0.516. The first-order chi connectivity index (χ1) is 6.36. The lowest BCUT2D eigenvalue weighted by molar-refractivity contribution is -0.136. The minimum atomic E-state index is -0.347. The van der Waals surface area contributed by atoms with Crippen LogP contribution in [-0.2, 0) is 14.3 Å². The van der Waals surface area contributed by atoms with Gasteiger partial charge in [0.1, 0.15) is 0 Å². The molecule has 0 aliphatic rings. The molecule has 0 fully saturated rings. The lowest BCUT2D eigenvalue weighted by atomic mass is 10.2. The number of rotatable bonds is 3. The van der Waals surface area contributed by atoms with Crippen molar-refractivity contribution < 1.29 is 14.3 Å². The van der Waals surface area contributed by atoms with Crippen LogP contribution < -0.4 is 0 Å². The molecule has 14 heavy (non-hydrogen) atoms. The third kappa shape index (κ3) is 8.71. The Balaban J connectivity index is 0. The second-order valence-corrected chi connectivity index (χ2v) is 2.83. The van der Waals surface area contributed by atoms with Crippen molar-refractivity contribution in [2.45, 2.75) is 27.2 Å². The Bertz CT molecular complexity index is 213. The molecule has 0 N–H and O–H groups in total. The predicted molar refractivity (Wildman–Crippen MR) is 56.9 cm³/mol. The molecule has 0 aromatic rings. The molecular weight excluding hydrogens is 180 g/mol. The first-order valence-corrected chi connectivity index (χ1v) is 4.29. The van der Waals surface area contributed by atoms with Gasteiger partial charge in [-0.2, -0.15) is 0 Å². The molecular formula is C11H18O3. The second kappa shape index (κ2) is 8.23. The van der Waals surface area contributed by atoms with Crippen LogP contribution >= 0.6 is 0 Å². The van der Waals surface area contributed by atoms with E-state index in [1.165, 1.54) is 7.11 Å². The van der Waals surface area contributed by atoms with Crippen molar-refractivity contribution >= 4 is 11.8 Å². The van der Waals surface area contributed by atoms with Crippen LogP contribution in [0.25, 0.3) is 0 Å². The highest BCUT2D eigenvalue weighted by Crippen LogP contribution is 1.91. The Labute approximate surface area is 85.5 Å². The van der Waals surface area contributed by atoms with Gasteiger partial charge in [-0.15, -0.1) is 0 Å². The summed E-state index contributed by atoms with van der Waals surface area (Å²) in [4.78, 5) is 20.6. The van der Waals surface area contributed by atoms with Gasteiger partial charge in [0, 0.05) is 12.0 Å². The van der Waals surface area contributed by atoms with Gasteiger partial charge < -0.3 is 4.74 Å². The average Bonchev–Trinajstić information content (AvgIpc) is 2.15. The fourth-order valence-corrected chi connectivity index (χ4v) is 0.476. The molecule has 80 valence electrons. The fraction of sp³-hybridized carbons (Fsp3) is 0.455. The zero-order valence-corrected chi connectivity index (χ0v) is 9.35. The molecule has 0 aromatic carbocycles. The van der Waals surface area contributed by atoms with E-state index in [1.807, 2.05) is 6.92 Å². The number of ether oxygens (including phenoxy) is 1. The highest BCUT2D eigenvalue weighted by atomic mass is 16.5. The number of methoxy groups -OCH3 is 1. The normalized spacial score (nSPS) is 8.00. The lowest BCUT2D eigenvalue weighted by Gasteiger charge is -1.91. The summed E-state index contributed by atoms with van der Waals surface area (Å²) in [5.41, 5.74) is 1.09. The second-order valence-electron chi connectivity index (χ2n) is 2.83. The van der Waals surface area contributed by atoms with Crippen LogP contribution in [0.15, 0.2) is 24.3 Å². The van der Waals surface area contributed by atoms with E-state index in [9.17, 15) is 9.59 Å². The summed E-state index contributed by atoms with van der Waals surface area (Å²) in [6, 6.07) is 0. The van der Waals surface area contributed by atoms with E-state index in [0.29, 0.717) is 17.6 Å². The number of carbonyl (C=O) groups excluding carboxylic acids is 2. The number of ketones is 1. The van der Waals surface area contributed by atoms with E-state index >= 15 is 0 Å². The van der Waals surface area contributed by atoms with Gasteiger partial charge in [0.05, 0.1) is 7.11 Å². The van der Waals surface area contributed by atoms with E-state index < -0.39 is 0 Å². The Morgan fingerprint density at radius 3 is 1.57 bits per heavy atom. The van der Waals surface area contributed by atoms with Gasteiger partial charge in [-0.25, -0.2) is 4.79 Å². The molecule has 0 saturated carbocycles. The minimum Gasteiger partial charge on any atom is -0.466 e. The van der Waals surface area contributed by atoms with Crippen LogP contribution in [0.5, 0.6) is 0 Å². The summed E-state index contributed by atoms with van der Waals surface area (Å²) in [6.45, 7) is 12.0. The summed E-state index contributed by atoms with van der Waals surface area (Å²) >= 11 is 0. The molecule has 0 rings (SSSR count). The first kappa shape index (κ1) is 15.1. The molecule has 0 bridgehead atoms. The predicted octanol–water partition coefficient (Wildman–Crippen LogP) is 2.28. The van der Waals surface area contributed by atoms with Gasteiger partial charge >= 0.3 is 5.97 Å². The molecule has 0 atom stereocenters. The zero-order valence-electron chi connectivity index (χ0n) is 9.35. The van der Waals surface area contributed by atoms with E-state index in [-0.39, 0.29) is 11.8 Å². The van der Waals surface area contributed by atoms with E-state index in [0.717, 1.165) is 0 Å². The molecule has 0 spiro atoms. The summed E-state index contributed by atoms with van der Waals surface area (Å²) in [5, 5.41) is 0. The largest absolute Gasteiger partial charge is 0.466 e. The minimum absolute atomic E-state index is 0.153. The zero-order chi connectivity index (χ0) is 11.7. The van der Waals surface area contributed by atoms with Crippen molar-refractivity contribution in [3.05, 3.63) is 24.3 Å². The maximum Gasteiger partial charge on any atom is 0.332 e. The van der Waals surface area contributed by atoms with Crippen molar-refractivity contribution in [1.29, 1.82) is 0 Å². The Morgan fingerprint density at radius 2 is 1.57 bits per heavy atom. The lowest BCUT2D eigenvalue weighted by Crippen LogP contribution is -1.98. The van der Waals surface area contributed by atoms with Crippen molar-refractivity contribution in [1.82, 2.24) is 0 Å². The van der Waals surface area contributed by atoms with E-state index in [4.69, 9.17) is 0 Å². The maximum atomic E-state index is 10.4. The van der Waals surface area contributed by atoms with Crippen molar-refractivity contribution in [3.63, 3.8) is 0 Å². The first-order valence-electron chi connectivity index (χ1n) is 4.29. The van der Waals surface area contributed by atoms with E-state index in [1.54, 1.807) is 13.8 Å². The van der Waals surface area contributed by atoms with Crippen molar-refractivity contribution in [2.24, 2.45) is 0 Å². The van der Waals surface area contributed by atoms with Gasteiger partial charge in [-0.05, 0) is 19.4 Å². The summed E-state index contributed by atoms with van der Waals surface area (Å²) in [7, 11) is 1.33. The number of carbonyl (C=O) groups is 2. The van der Waals surface area contributed by atoms with Crippen molar-refractivity contribution in [2.75, 3.05) is 7.11 Å². The SMILES string of the molecule is C=C(C)C(=O)CC.C=C(C)C(=O)OC. The van der Waals surface area contributed by atoms with Crippen LogP contribution in [-0.4, -0.2) is 18.9 Å². The Hall–Kier alpha value is -1.38.